The molecule has 1 aromatic heterocycles. The summed E-state index contributed by atoms with van der Waals surface area (Å²) >= 11 is 1.61. The lowest BCUT2D eigenvalue weighted by Crippen LogP contribution is -2.17. The molecule has 0 fully saturated rings. The van der Waals surface area contributed by atoms with E-state index in [1.54, 1.807) is 11.3 Å². The molecule has 0 aromatic carbocycles. The van der Waals surface area contributed by atoms with Gasteiger partial charge in [0.25, 0.3) is 0 Å². The van der Waals surface area contributed by atoms with Crippen LogP contribution in [0.1, 0.15) is 50.9 Å². The summed E-state index contributed by atoms with van der Waals surface area (Å²) < 4.78 is 11.1. The summed E-state index contributed by atoms with van der Waals surface area (Å²) in [4.78, 5) is 15.7. The molecule has 0 saturated carbocycles. The molecule has 0 amide bonds. The van der Waals surface area contributed by atoms with Gasteiger partial charge in [-0.3, -0.25) is 4.79 Å². The highest BCUT2D eigenvalue weighted by Gasteiger charge is 2.18. The predicted octanol–water partition coefficient (Wildman–Crippen LogP) is 4.37. The van der Waals surface area contributed by atoms with Gasteiger partial charge in [0.2, 0.25) is 0 Å². The number of esters is 1. The van der Waals surface area contributed by atoms with Crippen LogP contribution in [0.15, 0.2) is 29.2 Å². The molecule has 1 unspecified atom stereocenters. The zero-order valence-corrected chi connectivity index (χ0v) is 14.8. The summed E-state index contributed by atoms with van der Waals surface area (Å²) in [6.45, 7) is 13.7. The van der Waals surface area contributed by atoms with E-state index in [4.69, 9.17) is 9.47 Å². The summed E-state index contributed by atoms with van der Waals surface area (Å²) in [7, 11) is 0. The topological polar surface area (TPSA) is 48.4 Å². The van der Waals surface area contributed by atoms with E-state index in [9.17, 15) is 4.79 Å². The molecule has 0 radical (unpaired) electrons. The van der Waals surface area contributed by atoms with Crippen molar-refractivity contribution in [2.75, 3.05) is 6.61 Å². The van der Waals surface area contributed by atoms with Crippen molar-refractivity contribution in [1.29, 1.82) is 0 Å². The molecule has 4 nitrogen and oxygen atoms in total. The number of hydrogen-bond donors (Lipinski definition) is 0. The van der Waals surface area contributed by atoms with Gasteiger partial charge in [-0.15, -0.1) is 11.3 Å². The van der Waals surface area contributed by atoms with Crippen molar-refractivity contribution in [2.45, 2.75) is 53.2 Å². The zero-order chi connectivity index (χ0) is 16.7. The van der Waals surface area contributed by atoms with Gasteiger partial charge >= 0.3 is 5.97 Å². The summed E-state index contributed by atoms with van der Waals surface area (Å²) in [6.07, 6.45) is 2.18. The van der Waals surface area contributed by atoms with E-state index in [1.165, 1.54) is 6.92 Å². The first kappa shape index (κ1) is 18.6. The van der Waals surface area contributed by atoms with Gasteiger partial charge in [0, 0.05) is 25.3 Å². The fourth-order valence-corrected chi connectivity index (χ4v) is 2.69. The number of nitrogens with zero attached hydrogens (tertiary/aromatic N) is 1. The van der Waals surface area contributed by atoms with Crippen molar-refractivity contribution in [3.63, 3.8) is 0 Å². The monoisotopic (exact) mass is 323 g/mol. The van der Waals surface area contributed by atoms with E-state index < -0.39 is 0 Å². The van der Waals surface area contributed by atoms with Gasteiger partial charge in [-0.1, -0.05) is 12.7 Å². The molecule has 0 saturated heterocycles. The standard InChI is InChI=1S/C17H25NO3S/c1-7-20-17(15-10-22-13(5)18-15)12(4)8-9-16(11(2)3)21-14(6)19/h8,10,16-17H,2,7,9H2,1,3-6H3/b12-8+/t16-,17?/m1/s1. The second-order valence-corrected chi connectivity index (χ2v) is 6.32. The maximum absolute atomic E-state index is 11.1. The molecule has 1 heterocycles. The molecular formula is C17H25NO3S. The van der Waals surface area contributed by atoms with Crippen LogP contribution < -0.4 is 0 Å². The quantitative estimate of drug-likeness (QED) is 0.526. The highest BCUT2D eigenvalue weighted by molar-refractivity contribution is 7.09. The molecule has 0 aliphatic carbocycles. The van der Waals surface area contributed by atoms with Crippen molar-refractivity contribution in [1.82, 2.24) is 4.98 Å². The van der Waals surface area contributed by atoms with Gasteiger partial charge in [0.15, 0.2) is 0 Å². The third-order valence-corrected chi connectivity index (χ3v) is 3.96. The number of aryl methyl sites for hydroxylation is 1. The second kappa shape index (κ2) is 8.86. The molecule has 122 valence electrons. The van der Waals surface area contributed by atoms with Crippen LogP contribution in [0.4, 0.5) is 0 Å². The summed E-state index contributed by atoms with van der Waals surface area (Å²) in [5.41, 5.74) is 2.82. The van der Waals surface area contributed by atoms with Crippen LogP contribution >= 0.6 is 11.3 Å². The van der Waals surface area contributed by atoms with Crippen molar-refractivity contribution < 1.29 is 14.3 Å². The number of ether oxygens (including phenoxy) is 2. The summed E-state index contributed by atoms with van der Waals surface area (Å²) in [6, 6.07) is 0. The number of carbonyl (C=O) groups excluding carboxylic acids is 1. The van der Waals surface area contributed by atoms with Crippen LogP contribution in [-0.4, -0.2) is 23.7 Å². The lowest BCUT2D eigenvalue weighted by atomic mass is 10.0. The van der Waals surface area contributed by atoms with Crippen LogP contribution in [0.5, 0.6) is 0 Å². The van der Waals surface area contributed by atoms with E-state index >= 15 is 0 Å². The average Bonchev–Trinajstić information content (AvgIpc) is 2.86. The Morgan fingerprint density at radius 2 is 2.14 bits per heavy atom. The second-order valence-electron chi connectivity index (χ2n) is 5.26. The van der Waals surface area contributed by atoms with Gasteiger partial charge < -0.3 is 9.47 Å². The van der Waals surface area contributed by atoms with E-state index in [-0.39, 0.29) is 18.2 Å². The molecule has 0 spiro atoms. The predicted molar refractivity (Wildman–Crippen MR) is 90.0 cm³/mol. The van der Waals surface area contributed by atoms with Gasteiger partial charge in [0.1, 0.15) is 12.2 Å². The van der Waals surface area contributed by atoms with E-state index in [0.717, 1.165) is 21.8 Å². The van der Waals surface area contributed by atoms with E-state index in [2.05, 4.69) is 11.6 Å². The summed E-state index contributed by atoms with van der Waals surface area (Å²) in [5, 5.41) is 3.04. The van der Waals surface area contributed by atoms with Crippen LogP contribution in [0.2, 0.25) is 0 Å². The SMILES string of the molecule is C=C(C)[C@@H](C/C=C(\C)C(OCC)c1csc(C)n1)OC(C)=O. The Kier molecular flexibility index (Phi) is 7.48. The van der Waals surface area contributed by atoms with Crippen LogP contribution in [0, 0.1) is 6.92 Å². The minimum atomic E-state index is -0.299. The number of rotatable bonds is 8. The Bertz CT molecular complexity index is 548. The summed E-state index contributed by atoms with van der Waals surface area (Å²) in [5.74, 6) is -0.296. The van der Waals surface area contributed by atoms with Crippen molar-refractivity contribution in [3.05, 3.63) is 39.9 Å². The third kappa shape index (κ3) is 5.73. The maximum atomic E-state index is 11.1. The zero-order valence-electron chi connectivity index (χ0n) is 14.0. The minimum Gasteiger partial charge on any atom is -0.458 e. The van der Waals surface area contributed by atoms with Gasteiger partial charge in [0.05, 0.1) is 10.7 Å². The normalized spacial score (nSPS) is 14.5. The van der Waals surface area contributed by atoms with Crippen LogP contribution in [0.25, 0.3) is 0 Å². The smallest absolute Gasteiger partial charge is 0.303 e. The van der Waals surface area contributed by atoms with Crippen LogP contribution in [-0.2, 0) is 14.3 Å². The molecule has 22 heavy (non-hydrogen) atoms. The van der Waals surface area contributed by atoms with Crippen molar-refractivity contribution in [3.8, 4) is 0 Å². The van der Waals surface area contributed by atoms with Gasteiger partial charge in [-0.05, 0) is 38.8 Å². The highest BCUT2D eigenvalue weighted by atomic mass is 32.1. The fourth-order valence-electron chi connectivity index (χ4n) is 2.07. The van der Waals surface area contributed by atoms with Crippen molar-refractivity contribution in [2.24, 2.45) is 0 Å². The Labute approximate surface area is 136 Å². The Morgan fingerprint density at radius 3 is 2.59 bits per heavy atom. The van der Waals surface area contributed by atoms with Gasteiger partial charge in [-0.25, -0.2) is 4.98 Å². The number of carbonyl (C=O) groups is 1. The molecule has 1 rings (SSSR count). The molecule has 0 aliphatic rings. The number of thiazole rings is 1. The largest absolute Gasteiger partial charge is 0.458 e. The molecule has 0 aliphatic heterocycles. The molecule has 0 bridgehead atoms. The maximum Gasteiger partial charge on any atom is 0.303 e. The lowest BCUT2D eigenvalue weighted by molar-refractivity contribution is -0.144. The minimum absolute atomic E-state index is 0.155. The van der Waals surface area contributed by atoms with E-state index in [1.807, 2.05) is 39.2 Å². The molecule has 0 N–H and O–H groups in total. The lowest BCUT2D eigenvalue weighted by Gasteiger charge is -2.19. The molecular weight excluding hydrogens is 298 g/mol. The van der Waals surface area contributed by atoms with Gasteiger partial charge in [-0.2, -0.15) is 0 Å². The first-order chi connectivity index (χ1) is 10.3. The third-order valence-electron chi connectivity index (χ3n) is 3.16. The highest BCUT2D eigenvalue weighted by Crippen LogP contribution is 2.27. The fraction of sp³-hybridized carbons (Fsp3) is 0.529. The van der Waals surface area contributed by atoms with Crippen LogP contribution in [0.3, 0.4) is 0 Å². The molecule has 5 heteroatoms. The Hall–Kier alpha value is -1.46. The number of aromatic nitrogens is 1. The van der Waals surface area contributed by atoms with Crippen molar-refractivity contribution >= 4 is 17.3 Å². The first-order valence-electron chi connectivity index (χ1n) is 7.38. The average molecular weight is 323 g/mol. The molecule has 1 aromatic rings. The number of hydrogen-bond acceptors (Lipinski definition) is 5. The first-order valence-corrected chi connectivity index (χ1v) is 8.26. The Balaban J connectivity index is 2.86. The van der Waals surface area contributed by atoms with E-state index in [0.29, 0.717) is 13.0 Å². The Morgan fingerprint density at radius 1 is 1.45 bits per heavy atom. The molecule has 2 atom stereocenters.